The Morgan fingerprint density at radius 1 is 1.05 bits per heavy atom. The van der Waals surface area contributed by atoms with Gasteiger partial charge in [0.15, 0.2) is 12.4 Å². The van der Waals surface area contributed by atoms with E-state index >= 15 is 0 Å². The van der Waals surface area contributed by atoms with Crippen molar-refractivity contribution >= 4 is 11.7 Å². The zero-order valence-corrected chi connectivity index (χ0v) is 12.2. The third-order valence-electron chi connectivity index (χ3n) is 3.73. The molecule has 1 N–H and O–H groups in total. The highest BCUT2D eigenvalue weighted by atomic mass is 16.5. The summed E-state index contributed by atoms with van der Waals surface area (Å²) in [6, 6.07) is 15.1. The number of Topliss-reactive ketones (excluding diaryl/α,β-unsaturated/α-hetero) is 1. The van der Waals surface area contributed by atoms with E-state index in [1.54, 1.807) is 6.07 Å². The number of rotatable bonds is 5. The lowest BCUT2D eigenvalue weighted by Gasteiger charge is -2.10. The topological polar surface area (TPSA) is 55.4 Å². The van der Waals surface area contributed by atoms with E-state index in [2.05, 4.69) is 5.32 Å². The van der Waals surface area contributed by atoms with Crippen molar-refractivity contribution in [1.29, 1.82) is 0 Å². The summed E-state index contributed by atoms with van der Waals surface area (Å²) in [5.41, 5.74) is 2.69. The van der Waals surface area contributed by atoms with Crippen LogP contribution in [-0.4, -0.2) is 18.3 Å². The molecule has 112 valence electrons. The molecule has 0 unspecified atom stereocenters. The van der Waals surface area contributed by atoms with Crippen LogP contribution in [0.5, 0.6) is 5.75 Å². The van der Waals surface area contributed by atoms with Crippen LogP contribution in [0.15, 0.2) is 48.5 Å². The summed E-state index contributed by atoms with van der Waals surface area (Å²) in [4.78, 5) is 23.5. The van der Waals surface area contributed by atoms with Gasteiger partial charge in [0.2, 0.25) is 0 Å². The minimum absolute atomic E-state index is 0.0442. The first-order valence-corrected chi connectivity index (χ1v) is 7.32. The molecule has 0 aromatic heterocycles. The maximum atomic E-state index is 11.9. The molecule has 0 aliphatic heterocycles. The molecule has 0 heterocycles. The summed E-state index contributed by atoms with van der Waals surface area (Å²) in [6.45, 7) is 0.436. The number of ether oxygens (including phenoxy) is 1. The van der Waals surface area contributed by atoms with Crippen molar-refractivity contribution in [1.82, 2.24) is 5.32 Å². The van der Waals surface area contributed by atoms with Crippen LogP contribution in [0, 0.1) is 0 Å². The number of nitrogens with one attached hydrogen (secondary N) is 1. The summed E-state index contributed by atoms with van der Waals surface area (Å²) in [6.07, 6.45) is 1.21. The molecule has 0 atom stereocenters. The Balaban J connectivity index is 1.55. The number of amides is 1. The van der Waals surface area contributed by atoms with Gasteiger partial charge in [-0.2, -0.15) is 0 Å². The third-order valence-corrected chi connectivity index (χ3v) is 3.73. The van der Waals surface area contributed by atoms with Crippen LogP contribution in [-0.2, 0) is 17.8 Å². The molecule has 0 radical (unpaired) electrons. The van der Waals surface area contributed by atoms with Gasteiger partial charge in [0.25, 0.3) is 5.91 Å². The van der Waals surface area contributed by atoms with Gasteiger partial charge in [0.1, 0.15) is 5.75 Å². The van der Waals surface area contributed by atoms with Crippen molar-refractivity contribution in [3.63, 3.8) is 0 Å². The van der Waals surface area contributed by atoms with Gasteiger partial charge in [-0.05, 0) is 18.1 Å². The Bertz CT molecular complexity index is 695. The molecular formula is C18H17NO3. The van der Waals surface area contributed by atoms with Crippen molar-refractivity contribution in [3.8, 4) is 5.75 Å². The van der Waals surface area contributed by atoms with Crippen LogP contribution >= 0.6 is 0 Å². The molecular weight excluding hydrogens is 278 g/mol. The van der Waals surface area contributed by atoms with Crippen molar-refractivity contribution in [3.05, 3.63) is 65.2 Å². The summed E-state index contributed by atoms with van der Waals surface area (Å²) in [7, 11) is 0. The van der Waals surface area contributed by atoms with Crippen LogP contribution < -0.4 is 10.1 Å². The Labute approximate surface area is 129 Å². The van der Waals surface area contributed by atoms with Gasteiger partial charge >= 0.3 is 0 Å². The molecule has 0 saturated heterocycles. The monoisotopic (exact) mass is 295 g/mol. The van der Waals surface area contributed by atoms with Crippen LogP contribution in [0.3, 0.4) is 0 Å². The van der Waals surface area contributed by atoms with Crippen LogP contribution in [0.4, 0.5) is 0 Å². The first kappa shape index (κ1) is 14.3. The number of benzene rings is 2. The van der Waals surface area contributed by atoms with Crippen LogP contribution in [0.25, 0.3) is 0 Å². The zero-order valence-electron chi connectivity index (χ0n) is 12.2. The molecule has 4 nitrogen and oxygen atoms in total. The number of ketones is 1. The van der Waals surface area contributed by atoms with E-state index in [1.807, 2.05) is 42.5 Å². The molecule has 1 amide bonds. The average Bonchev–Trinajstić information content (AvgIpc) is 2.94. The zero-order chi connectivity index (χ0) is 15.4. The second kappa shape index (κ2) is 6.43. The molecule has 0 bridgehead atoms. The van der Waals surface area contributed by atoms with Crippen molar-refractivity contribution in [2.75, 3.05) is 6.61 Å². The van der Waals surface area contributed by atoms with Gasteiger partial charge in [-0.25, -0.2) is 0 Å². The molecule has 0 spiro atoms. The predicted octanol–water partition coefficient (Wildman–Crippen LogP) is 2.51. The van der Waals surface area contributed by atoms with Gasteiger partial charge in [-0.3, -0.25) is 9.59 Å². The second-order valence-electron chi connectivity index (χ2n) is 5.26. The van der Waals surface area contributed by atoms with Gasteiger partial charge in [-0.15, -0.1) is 0 Å². The molecule has 22 heavy (non-hydrogen) atoms. The lowest BCUT2D eigenvalue weighted by atomic mass is 10.1. The fourth-order valence-corrected chi connectivity index (χ4v) is 2.58. The first-order chi connectivity index (χ1) is 10.7. The van der Waals surface area contributed by atoms with E-state index in [4.69, 9.17) is 4.74 Å². The highest BCUT2D eigenvalue weighted by Crippen LogP contribution is 2.30. The summed E-state index contributed by atoms with van der Waals surface area (Å²) in [5.74, 6) is 0.609. The van der Waals surface area contributed by atoms with Crippen molar-refractivity contribution < 1.29 is 14.3 Å². The van der Waals surface area contributed by atoms with Crippen LogP contribution in [0.1, 0.15) is 27.9 Å². The highest BCUT2D eigenvalue weighted by molar-refractivity contribution is 6.01. The Kier molecular flexibility index (Phi) is 4.19. The number of fused-ring (bicyclic) bond motifs is 1. The predicted molar refractivity (Wildman–Crippen MR) is 82.9 cm³/mol. The Morgan fingerprint density at radius 2 is 1.86 bits per heavy atom. The first-order valence-electron chi connectivity index (χ1n) is 7.32. The largest absolute Gasteiger partial charge is 0.483 e. The maximum Gasteiger partial charge on any atom is 0.258 e. The molecule has 4 heteroatoms. The standard InChI is InChI=1S/C18H17NO3/c20-16-10-9-15-14(16)7-4-8-17(15)22-12-18(21)19-11-13-5-2-1-3-6-13/h1-8H,9-12H2,(H,19,21). The molecule has 0 fully saturated rings. The number of carbonyl (C=O) groups is 2. The van der Waals surface area contributed by atoms with Gasteiger partial charge < -0.3 is 10.1 Å². The number of hydrogen-bond acceptors (Lipinski definition) is 3. The normalized spacial score (nSPS) is 12.8. The molecule has 1 aliphatic carbocycles. The minimum Gasteiger partial charge on any atom is -0.483 e. The van der Waals surface area contributed by atoms with E-state index in [-0.39, 0.29) is 18.3 Å². The van der Waals surface area contributed by atoms with Crippen molar-refractivity contribution in [2.45, 2.75) is 19.4 Å². The average molecular weight is 295 g/mol. The van der Waals surface area contributed by atoms with Gasteiger partial charge in [-0.1, -0.05) is 42.5 Å². The molecule has 2 aromatic rings. The molecule has 0 saturated carbocycles. The van der Waals surface area contributed by atoms with E-state index in [1.165, 1.54) is 0 Å². The summed E-state index contributed by atoms with van der Waals surface area (Å²) < 4.78 is 5.58. The third kappa shape index (κ3) is 3.17. The summed E-state index contributed by atoms with van der Waals surface area (Å²) in [5, 5.41) is 2.81. The smallest absolute Gasteiger partial charge is 0.258 e. The fourth-order valence-electron chi connectivity index (χ4n) is 2.58. The molecule has 1 aliphatic rings. The van der Waals surface area contributed by atoms with Gasteiger partial charge in [0, 0.05) is 24.1 Å². The highest BCUT2D eigenvalue weighted by Gasteiger charge is 2.22. The van der Waals surface area contributed by atoms with E-state index in [0.717, 1.165) is 16.7 Å². The van der Waals surface area contributed by atoms with Gasteiger partial charge in [0.05, 0.1) is 0 Å². The van der Waals surface area contributed by atoms with E-state index in [9.17, 15) is 9.59 Å². The number of carbonyl (C=O) groups excluding carboxylic acids is 2. The van der Waals surface area contributed by atoms with E-state index < -0.39 is 0 Å². The fraction of sp³-hybridized carbons (Fsp3) is 0.222. The van der Waals surface area contributed by atoms with E-state index in [0.29, 0.717) is 25.1 Å². The second-order valence-corrected chi connectivity index (χ2v) is 5.26. The van der Waals surface area contributed by atoms with Crippen molar-refractivity contribution in [2.24, 2.45) is 0 Å². The lowest BCUT2D eigenvalue weighted by Crippen LogP contribution is -2.28. The maximum absolute atomic E-state index is 11.9. The number of hydrogen-bond donors (Lipinski definition) is 1. The SMILES string of the molecule is O=C(COc1cccc2c1CCC2=O)NCc1ccccc1. The Hall–Kier alpha value is -2.62. The quantitative estimate of drug-likeness (QED) is 0.922. The van der Waals surface area contributed by atoms with Crippen LogP contribution in [0.2, 0.25) is 0 Å². The molecule has 3 rings (SSSR count). The Morgan fingerprint density at radius 3 is 2.68 bits per heavy atom. The lowest BCUT2D eigenvalue weighted by molar-refractivity contribution is -0.123. The minimum atomic E-state index is -0.175. The summed E-state index contributed by atoms with van der Waals surface area (Å²) >= 11 is 0. The molecule has 2 aromatic carbocycles.